The van der Waals surface area contributed by atoms with Crippen molar-refractivity contribution in [2.75, 3.05) is 18.6 Å². The molecule has 0 radical (unpaired) electrons. The molecule has 1 atom stereocenters. The zero-order chi connectivity index (χ0) is 28.9. The first-order chi connectivity index (χ1) is 19.5. The highest BCUT2D eigenvalue weighted by Crippen LogP contribution is 2.53. The molecule has 2 aliphatic heterocycles. The van der Waals surface area contributed by atoms with Gasteiger partial charge in [-0.3, -0.25) is 4.57 Å². The van der Waals surface area contributed by atoms with Crippen LogP contribution in [-0.4, -0.2) is 46.7 Å². The molecule has 2 fully saturated rings. The van der Waals surface area contributed by atoms with Crippen LogP contribution in [0.25, 0.3) is 0 Å². The Balaban J connectivity index is 1.12. The summed E-state index contributed by atoms with van der Waals surface area (Å²) in [7, 11) is 1.73. The van der Waals surface area contributed by atoms with E-state index in [1.54, 1.807) is 17.7 Å². The number of alkyl halides is 3. The molecule has 218 valence electrons. The molecule has 14 heteroatoms. The highest BCUT2D eigenvalue weighted by Gasteiger charge is 2.50. The highest BCUT2D eigenvalue weighted by molar-refractivity contribution is 5.48. The molecule has 1 unspecified atom stereocenters. The average molecular weight is 581 g/mol. The molecule has 3 aromatic rings. The summed E-state index contributed by atoms with van der Waals surface area (Å²) in [4.78, 5) is 22.3. The van der Waals surface area contributed by atoms with Gasteiger partial charge in [-0.2, -0.15) is 4.98 Å². The maximum absolute atomic E-state index is 14.7. The Hall–Kier alpha value is -3.94. The van der Waals surface area contributed by atoms with Gasteiger partial charge in [0.05, 0.1) is 6.10 Å². The number of anilines is 1. The molecule has 0 N–H and O–H groups in total. The van der Waals surface area contributed by atoms with Gasteiger partial charge < -0.3 is 23.8 Å². The number of halogens is 5. The average Bonchev–Trinajstić information content (AvgIpc) is 3.25. The topological polar surface area (TPSA) is 87.9 Å². The van der Waals surface area contributed by atoms with Crippen molar-refractivity contribution in [2.24, 2.45) is 5.41 Å². The molecule has 1 saturated carbocycles. The van der Waals surface area contributed by atoms with Gasteiger partial charge in [0, 0.05) is 44.6 Å². The molecule has 41 heavy (non-hydrogen) atoms. The number of rotatable bonds is 7. The minimum Gasteiger partial charge on any atom is -0.473 e. The first-order valence-corrected chi connectivity index (χ1v) is 12.9. The van der Waals surface area contributed by atoms with Crippen molar-refractivity contribution in [3.05, 3.63) is 64.2 Å². The molecule has 9 nitrogen and oxygen atoms in total. The number of piperidine rings is 1. The normalized spacial score (nSPS) is 23.1. The number of benzene rings is 1. The fraction of sp³-hybridized carbons (Fsp3) is 0.444. The van der Waals surface area contributed by atoms with Crippen LogP contribution >= 0.6 is 0 Å². The summed E-state index contributed by atoms with van der Waals surface area (Å²) >= 11 is 0. The van der Waals surface area contributed by atoms with Crippen LogP contribution in [0.4, 0.5) is 27.8 Å². The zero-order valence-corrected chi connectivity index (χ0v) is 21.8. The van der Waals surface area contributed by atoms with Crippen LogP contribution < -0.4 is 24.8 Å². The van der Waals surface area contributed by atoms with Crippen LogP contribution in [-0.2, 0) is 17.9 Å². The van der Waals surface area contributed by atoms with E-state index in [-0.39, 0.29) is 35.3 Å². The molecule has 4 heterocycles. The number of aromatic nitrogens is 3. The van der Waals surface area contributed by atoms with Gasteiger partial charge >= 0.3 is 12.1 Å². The molecule has 1 spiro atoms. The number of hydrogen-bond acceptors (Lipinski definition) is 8. The Morgan fingerprint density at radius 3 is 2.54 bits per heavy atom. The predicted molar refractivity (Wildman–Crippen MR) is 133 cm³/mol. The first kappa shape index (κ1) is 27.2. The van der Waals surface area contributed by atoms with Gasteiger partial charge in [0.2, 0.25) is 11.8 Å². The molecule has 6 rings (SSSR count). The lowest BCUT2D eigenvalue weighted by molar-refractivity contribution is -0.276. The van der Waals surface area contributed by atoms with Crippen LogP contribution in [0.1, 0.15) is 31.2 Å². The number of methoxy groups -OCH3 is 1. The first-order valence-electron chi connectivity index (χ1n) is 12.9. The van der Waals surface area contributed by atoms with Crippen LogP contribution in [0.5, 0.6) is 23.3 Å². The fourth-order valence-electron chi connectivity index (χ4n) is 6.03. The van der Waals surface area contributed by atoms with Crippen molar-refractivity contribution >= 4 is 5.82 Å². The van der Waals surface area contributed by atoms with E-state index < -0.39 is 35.3 Å². The Bertz CT molecular complexity index is 1500. The molecular formula is C27H25F5N4O5. The number of fused-ring (bicyclic) bond motifs is 3. The molecule has 1 aliphatic carbocycles. The maximum atomic E-state index is 14.7. The van der Waals surface area contributed by atoms with E-state index in [1.807, 2.05) is 0 Å². The van der Waals surface area contributed by atoms with E-state index in [0.717, 1.165) is 62.7 Å². The second-order valence-electron chi connectivity index (χ2n) is 10.6. The van der Waals surface area contributed by atoms with Crippen LogP contribution in [0.15, 0.2) is 41.3 Å². The van der Waals surface area contributed by atoms with Gasteiger partial charge in [0.15, 0.2) is 17.4 Å². The zero-order valence-electron chi connectivity index (χ0n) is 21.8. The summed E-state index contributed by atoms with van der Waals surface area (Å²) in [6, 6.07) is 5.62. The Labute approximate surface area is 230 Å². The van der Waals surface area contributed by atoms with E-state index in [4.69, 9.17) is 14.2 Å². The van der Waals surface area contributed by atoms with Crippen LogP contribution in [0, 0.1) is 17.0 Å². The minimum absolute atomic E-state index is 0.0281. The third kappa shape index (κ3) is 5.52. The fourth-order valence-corrected chi connectivity index (χ4v) is 6.03. The molecule has 3 aliphatic rings. The summed E-state index contributed by atoms with van der Waals surface area (Å²) < 4.78 is 88.3. The van der Waals surface area contributed by atoms with Crippen molar-refractivity contribution in [1.82, 2.24) is 14.5 Å². The van der Waals surface area contributed by atoms with Crippen molar-refractivity contribution in [3.63, 3.8) is 0 Å². The monoisotopic (exact) mass is 580 g/mol. The predicted octanol–water partition coefficient (Wildman–Crippen LogP) is 4.96. The largest absolute Gasteiger partial charge is 0.574 e. The summed E-state index contributed by atoms with van der Waals surface area (Å²) in [5, 5.41) is 0. The second-order valence-corrected chi connectivity index (χ2v) is 10.6. The molecule has 0 amide bonds. The van der Waals surface area contributed by atoms with Gasteiger partial charge in [-0.15, -0.1) is 13.2 Å². The van der Waals surface area contributed by atoms with Crippen LogP contribution in [0.3, 0.4) is 0 Å². The van der Waals surface area contributed by atoms with E-state index in [9.17, 15) is 26.7 Å². The summed E-state index contributed by atoms with van der Waals surface area (Å²) in [5.74, 6) is -3.49. The summed E-state index contributed by atoms with van der Waals surface area (Å²) in [6.45, 7) is 1.04. The molecule has 1 saturated heterocycles. The van der Waals surface area contributed by atoms with Crippen molar-refractivity contribution < 1.29 is 40.9 Å². The van der Waals surface area contributed by atoms with Crippen molar-refractivity contribution in [2.45, 2.75) is 57.3 Å². The lowest BCUT2D eigenvalue weighted by Gasteiger charge is -2.53. The Morgan fingerprint density at radius 1 is 1.07 bits per heavy atom. The quantitative estimate of drug-likeness (QED) is 0.363. The van der Waals surface area contributed by atoms with Gasteiger partial charge in [-0.1, -0.05) is 0 Å². The highest BCUT2D eigenvalue weighted by atomic mass is 19.4. The van der Waals surface area contributed by atoms with Crippen molar-refractivity contribution in [3.8, 4) is 23.3 Å². The lowest BCUT2D eigenvalue weighted by Crippen LogP contribution is -2.53. The van der Waals surface area contributed by atoms with E-state index in [0.29, 0.717) is 18.5 Å². The maximum Gasteiger partial charge on any atom is 0.574 e. The summed E-state index contributed by atoms with van der Waals surface area (Å²) in [5.41, 5.74) is -0.126. The van der Waals surface area contributed by atoms with Gasteiger partial charge in [0.25, 0.3) is 0 Å². The SMILES string of the molecule is COC1CC2(CCN3c4cc(OCc5cc(F)c(Oc6ccnc(OC(F)(F)F)c6)c(F)c5)nc(=O)n4CC3C2)C1. The van der Waals surface area contributed by atoms with Crippen LogP contribution in [0.2, 0.25) is 0 Å². The second kappa shape index (κ2) is 10.2. The molecule has 1 aromatic carbocycles. The smallest absolute Gasteiger partial charge is 0.473 e. The standard InChI is InChI=1S/C27H25F5N4O5/c1-38-18-11-26(12-18)3-5-35-16(10-26)13-36-23(35)9-22(34-25(36)37)39-14-15-6-19(28)24(20(29)7-15)40-17-2-4-33-21(8-17)41-27(30,31)32/h2,4,6-9,16,18H,3,5,10-14H2,1H3. The van der Waals surface area contributed by atoms with E-state index in [2.05, 4.69) is 19.6 Å². The third-order valence-corrected chi connectivity index (χ3v) is 7.89. The molecular weight excluding hydrogens is 555 g/mol. The minimum atomic E-state index is -4.99. The Morgan fingerprint density at radius 2 is 1.83 bits per heavy atom. The van der Waals surface area contributed by atoms with E-state index >= 15 is 0 Å². The molecule has 2 aromatic heterocycles. The summed E-state index contributed by atoms with van der Waals surface area (Å²) in [6.07, 6.45) is 0.260. The molecule has 0 bridgehead atoms. The van der Waals surface area contributed by atoms with Gasteiger partial charge in [-0.05, 0) is 54.9 Å². The van der Waals surface area contributed by atoms with Gasteiger partial charge in [-0.25, -0.2) is 18.6 Å². The van der Waals surface area contributed by atoms with E-state index in [1.165, 1.54) is 0 Å². The van der Waals surface area contributed by atoms with Crippen molar-refractivity contribution in [1.29, 1.82) is 0 Å². The lowest BCUT2D eigenvalue weighted by atomic mass is 9.60. The number of hydrogen-bond donors (Lipinski definition) is 0. The number of ether oxygens (including phenoxy) is 4. The number of nitrogens with zero attached hydrogens (tertiary/aromatic N) is 4. The van der Waals surface area contributed by atoms with Gasteiger partial charge in [0.1, 0.15) is 18.2 Å². The Kier molecular flexibility index (Phi) is 6.75. The third-order valence-electron chi connectivity index (χ3n) is 7.89. The number of pyridine rings is 1.